The molecular formula is C13H16O4. The minimum absolute atomic E-state index is 0.228. The molecule has 4 nitrogen and oxygen atoms in total. The second-order valence-electron chi connectivity index (χ2n) is 4.43. The molecule has 0 amide bonds. The summed E-state index contributed by atoms with van der Waals surface area (Å²) < 4.78 is 10.5. The van der Waals surface area contributed by atoms with Crippen LogP contribution in [0, 0.1) is 5.92 Å². The number of rotatable bonds is 5. The first kappa shape index (κ1) is 11.8. The Kier molecular flexibility index (Phi) is 3.52. The highest BCUT2D eigenvalue weighted by molar-refractivity contribution is 5.66. The lowest BCUT2D eigenvalue weighted by molar-refractivity contribution is -0.137. The van der Waals surface area contributed by atoms with Crippen LogP contribution >= 0.6 is 0 Å². The number of hydrogen-bond acceptors (Lipinski definition) is 3. The van der Waals surface area contributed by atoms with E-state index < -0.39 is 5.97 Å². The van der Waals surface area contributed by atoms with Gasteiger partial charge in [-0.2, -0.15) is 0 Å². The van der Waals surface area contributed by atoms with E-state index in [2.05, 4.69) is 6.92 Å². The number of fused-ring (bicyclic) bond motifs is 1. The van der Waals surface area contributed by atoms with Gasteiger partial charge in [0.1, 0.15) is 0 Å². The molecule has 1 heterocycles. The van der Waals surface area contributed by atoms with Gasteiger partial charge in [-0.3, -0.25) is 4.79 Å². The van der Waals surface area contributed by atoms with Gasteiger partial charge in [-0.15, -0.1) is 0 Å². The van der Waals surface area contributed by atoms with Gasteiger partial charge in [0.2, 0.25) is 6.79 Å². The number of hydrogen-bond donors (Lipinski definition) is 1. The molecule has 0 saturated heterocycles. The van der Waals surface area contributed by atoms with Gasteiger partial charge in [0.25, 0.3) is 0 Å². The summed E-state index contributed by atoms with van der Waals surface area (Å²) >= 11 is 0. The minimum atomic E-state index is -0.734. The lowest BCUT2D eigenvalue weighted by Gasteiger charge is -2.10. The van der Waals surface area contributed by atoms with E-state index >= 15 is 0 Å². The van der Waals surface area contributed by atoms with E-state index in [1.165, 1.54) is 0 Å². The van der Waals surface area contributed by atoms with Gasteiger partial charge in [-0.05, 0) is 36.5 Å². The van der Waals surface area contributed by atoms with E-state index in [4.69, 9.17) is 14.6 Å². The van der Waals surface area contributed by atoms with Crippen molar-refractivity contribution in [2.24, 2.45) is 5.92 Å². The number of aliphatic carboxylic acids is 1. The van der Waals surface area contributed by atoms with Crippen molar-refractivity contribution < 1.29 is 19.4 Å². The number of ether oxygens (including phenoxy) is 2. The Morgan fingerprint density at radius 3 is 2.94 bits per heavy atom. The lowest BCUT2D eigenvalue weighted by atomic mass is 9.96. The smallest absolute Gasteiger partial charge is 0.303 e. The molecule has 4 heteroatoms. The van der Waals surface area contributed by atoms with E-state index in [1.54, 1.807) is 0 Å². The second-order valence-corrected chi connectivity index (χ2v) is 4.43. The van der Waals surface area contributed by atoms with Crippen LogP contribution in [0.25, 0.3) is 0 Å². The first-order chi connectivity index (χ1) is 8.15. The van der Waals surface area contributed by atoms with Gasteiger partial charge in [-0.1, -0.05) is 13.0 Å². The summed E-state index contributed by atoms with van der Waals surface area (Å²) in [6, 6.07) is 5.88. The zero-order valence-electron chi connectivity index (χ0n) is 9.81. The highest BCUT2D eigenvalue weighted by atomic mass is 16.7. The Balaban J connectivity index is 1.92. The summed E-state index contributed by atoms with van der Waals surface area (Å²) in [6.45, 7) is 2.35. The molecule has 1 atom stereocenters. The summed E-state index contributed by atoms with van der Waals surface area (Å²) in [7, 11) is 0. The number of carboxylic acid groups (broad SMARTS) is 1. The molecule has 1 aliphatic heterocycles. The molecule has 1 N–H and O–H groups in total. The molecule has 1 aromatic rings. The Bertz CT molecular complexity index is 414. The fourth-order valence-corrected chi connectivity index (χ4v) is 1.94. The normalized spacial score (nSPS) is 14.6. The molecule has 0 bridgehead atoms. The van der Waals surface area contributed by atoms with Crippen molar-refractivity contribution >= 4 is 5.97 Å². The highest BCUT2D eigenvalue weighted by Crippen LogP contribution is 2.33. The summed E-state index contributed by atoms with van der Waals surface area (Å²) in [5, 5.41) is 8.62. The summed E-state index contributed by atoms with van der Waals surface area (Å²) in [5.41, 5.74) is 1.16. The van der Waals surface area contributed by atoms with Crippen molar-refractivity contribution in [3.8, 4) is 11.5 Å². The highest BCUT2D eigenvalue weighted by Gasteiger charge is 2.14. The molecule has 92 valence electrons. The molecule has 17 heavy (non-hydrogen) atoms. The maximum Gasteiger partial charge on any atom is 0.303 e. The van der Waals surface area contributed by atoms with Gasteiger partial charge in [0.15, 0.2) is 11.5 Å². The van der Waals surface area contributed by atoms with Crippen LogP contribution in [0.3, 0.4) is 0 Å². The van der Waals surface area contributed by atoms with Crippen molar-refractivity contribution in [3.63, 3.8) is 0 Å². The monoisotopic (exact) mass is 236 g/mol. The van der Waals surface area contributed by atoms with Crippen LogP contribution in [0.15, 0.2) is 18.2 Å². The largest absolute Gasteiger partial charge is 0.481 e. The van der Waals surface area contributed by atoms with Crippen LogP contribution < -0.4 is 9.47 Å². The third-order valence-corrected chi connectivity index (χ3v) is 2.87. The quantitative estimate of drug-likeness (QED) is 0.853. The lowest BCUT2D eigenvalue weighted by Crippen LogP contribution is -2.04. The summed E-state index contributed by atoms with van der Waals surface area (Å²) in [6.07, 6.45) is 1.79. The fraction of sp³-hybridized carbons (Fsp3) is 0.462. The molecule has 0 aliphatic carbocycles. The molecule has 0 spiro atoms. The van der Waals surface area contributed by atoms with Crippen LogP contribution in [0.5, 0.6) is 11.5 Å². The van der Waals surface area contributed by atoms with Crippen molar-refractivity contribution in [2.75, 3.05) is 6.79 Å². The van der Waals surface area contributed by atoms with E-state index in [0.29, 0.717) is 12.3 Å². The average molecular weight is 236 g/mol. The third kappa shape index (κ3) is 3.12. The van der Waals surface area contributed by atoms with Crippen LogP contribution in [0.1, 0.15) is 25.3 Å². The van der Waals surface area contributed by atoms with Crippen LogP contribution in [0.2, 0.25) is 0 Å². The van der Waals surface area contributed by atoms with Crippen molar-refractivity contribution in [2.45, 2.75) is 26.2 Å². The molecular weight excluding hydrogens is 220 g/mol. The van der Waals surface area contributed by atoms with E-state index in [9.17, 15) is 4.79 Å². The van der Waals surface area contributed by atoms with Crippen molar-refractivity contribution in [1.29, 1.82) is 0 Å². The zero-order chi connectivity index (χ0) is 12.3. The molecule has 0 aromatic heterocycles. The average Bonchev–Trinajstić information content (AvgIpc) is 2.73. The zero-order valence-corrected chi connectivity index (χ0v) is 9.81. The minimum Gasteiger partial charge on any atom is -0.481 e. The number of benzene rings is 1. The molecule has 2 rings (SSSR count). The second kappa shape index (κ2) is 5.08. The Morgan fingerprint density at radius 2 is 2.18 bits per heavy atom. The predicted molar refractivity (Wildman–Crippen MR) is 62.3 cm³/mol. The van der Waals surface area contributed by atoms with Gasteiger partial charge in [-0.25, -0.2) is 0 Å². The van der Waals surface area contributed by atoms with E-state index in [1.807, 2.05) is 18.2 Å². The van der Waals surface area contributed by atoms with Gasteiger partial charge >= 0.3 is 5.97 Å². The summed E-state index contributed by atoms with van der Waals surface area (Å²) in [5.74, 6) is 1.19. The van der Waals surface area contributed by atoms with Crippen LogP contribution in [0.4, 0.5) is 0 Å². The topological polar surface area (TPSA) is 55.8 Å². The molecule has 1 aliphatic rings. The van der Waals surface area contributed by atoms with Crippen LogP contribution in [-0.2, 0) is 11.2 Å². The third-order valence-electron chi connectivity index (χ3n) is 2.87. The Hall–Kier alpha value is -1.71. The molecule has 0 unspecified atom stereocenters. The Morgan fingerprint density at radius 1 is 1.41 bits per heavy atom. The van der Waals surface area contributed by atoms with Gasteiger partial charge < -0.3 is 14.6 Å². The fourth-order valence-electron chi connectivity index (χ4n) is 1.94. The summed E-state index contributed by atoms with van der Waals surface area (Å²) in [4.78, 5) is 10.5. The maximum absolute atomic E-state index is 10.5. The Labute approximate surface area is 100 Å². The molecule has 0 saturated carbocycles. The van der Waals surface area contributed by atoms with E-state index in [0.717, 1.165) is 23.5 Å². The van der Waals surface area contributed by atoms with Crippen molar-refractivity contribution in [3.05, 3.63) is 23.8 Å². The first-order valence-corrected chi connectivity index (χ1v) is 5.75. The molecule has 0 fully saturated rings. The van der Waals surface area contributed by atoms with Gasteiger partial charge in [0.05, 0.1) is 0 Å². The molecule has 1 aromatic carbocycles. The van der Waals surface area contributed by atoms with Crippen LogP contribution in [-0.4, -0.2) is 17.9 Å². The standard InChI is InChI=1S/C13H16O4/c1-9(2-5-13(14)15)6-10-3-4-11-12(7-10)17-8-16-11/h3-4,7,9H,2,5-6,8H2,1H3,(H,14,15)/t9-/m0/s1. The molecule has 0 radical (unpaired) electrons. The maximum atomic E-state index is 10.5. The predicted octanol–water partition coefficient (Wildman–Crippen LogP) is 2.46. The number of carboxylic acids is 1. The number of carbonyl (C=O) groups is 1. The van der Waals surface area contributed by atoms with E-state index in [-0.39, 0.29) is 13.2 Å². The first-order valence-electron chi connectivity index (χ1n) is 5.75. The van der Waals surface area contributed by atoms with Crippen molar-refractivity contribution in [1.82, 2.24) is 0 Å². The van der Waals surface area contributed by atoms with Gasteiger partial charge in [0, 0.05) is 6.42 Å². The SMILES string of the molecule is C[C@@H](CCC(=O)O)Cc1ccc2c(c1)OCO2.